The summed E-state index contributed by atoms with van der Waals surface area (Å²) in [6.07, 6.45) is 4.67. The zero-order chi connectivity index (χ0) is 21.3. The van der Waals surface area contributed by atoms with Gasteiger partial charge in [-0.3, -0.25) is 14.8 Å². The molecule has 0 atom stereocenters. The van der Waals surface area contributed by atoms with Gasteiger partial charge in [0.05, 0.1) is 6.61 Å². The quantitative estimate of drug-likeness (QED) is 0.259. The van der Waals surface area contributed by atoms with Crippen molar-refractivity contribution >= 4 is 16.9 Å². The number of amides is 1. The van der Waals surface area contributed by atoms with Gasteiger partial charge in [-0.05, 0) is 12.8 Å². The van der Waals surface area contributed by atoms with Gasteiger partial charge in [0.25, 0.3) is 0 Å². The van der Waals surface area contributed by atoms with Crippen LogP contribution in [0.3, 0.4) is 0 Å². The summed E-state index contributed by atoms with van der Waals surface area (Å²) >= 11 is 0. The van der Waals surface area contributed by atoms with Crippen LogP contribution >= 0.6 is 0 Å². The Morgan fingerprint density at radius 1 is 1.00 bits per heavy atom. The van der Waals surface area contributed by atoms with Gasteiger partial charge in [0.15, 0.2) is 5.43 Å². The number of rotatable bonds is 10. The Bertz CT molecular complexity index is 1040. The van der Waals surface area contributed by atoms with Crippen LogP contribution in [-0.4, -0.2) is 22.8 Å². The molecule has 30 heavy (non-hydrogen) atoms. The molecule has 0 aliphatic carbocycles. The molecular weight excluding hydrogens is 386 g/mol. The number of hydrogen-bond donors (Lipinski definition) is 3. The van der Waals surface area contributed by atoms with Crippen molar-refractivity contribution in [1.82, 2.24) is 5.48 Å². The Morgan fingerprint density at radius 2 is 1.73 bits per heavy atom. The van der Waals surface area contributed by atoms with E-state index in [4.69, 9.17) is 14.4 Å². The summed E-state index contributed by atoms with van der Waals surface area (Å²) < 4.78 is 11.6. The van der Waals surface area contributed by atoms with E-state index in [-0.39, 0.29) is 28.1 Å². The molecule has 3 rings (SSSR count). The average Bonchev–Trinajstić information content (AvgIpc) is 2.75. The van der Waals surface area contributed by atoms with Gasteiger partial charge in [-0.25, -0.2) is 5.48 Å². The van der Waals surface area contributed by atoms with Crippen LogP contribution in [-0.2, 0) is 4.79 Å². The minimum absolute atomic E-state index is 0.133. The lowest BCUT2D eigenvalue weighted by Crippen LogP contribution is -2.17. The van der Waals surface area contributed by atoms with E-state index in [0.717, 1.165) is 37.7 Å². The number of hydroxylamine groups is 1. The Kier molecular flexibility index (Phi) is 7.45. The molecule has 2 aromatic carbocycles. The topological polar surface area (TPSA) is 109 Å². The highest BCUT2D eigenvalue weighted by Gasteiger charge is 2.13. The predicted octanol–water partition coefficient (Wildman–Crippen LogP) is 4.39. The maximum Gasteiger partial charge on any atom is 0.243 e. The van der Waals surface area contributed by atoms with E-state index in [2.05, 4.69) is 0 Å². The van der Waals surface area contributed by atoms with Crippen LogP contribution in [0.5, 0.6) is 11.5 Å². The number of fused-ring (bicyclic) bond motifs is 1. The third-order valence-corrected chi connectivity index (χ3v) is 4.78. The van der Waals surface area contributed by atoms with Crippen LogP contribution in [0.25, 0.3) is 22.3 Å². The van der Waals surface area contributed by atoms with Crippen LogP contribution in [0.2, 0.25) is 0 Å². The fourth-order valence-corrected chi connectivity index (χ4v) is 3.24. The van der Waals surface area contributed by atoms with Crippen molar-refractivity contribution in [1.29, 1.82) is 0 Å². The van der Waals surface area contributed by atoms with Gasteiger partial charge >= 0.3 is 0 Å². The molecule has 158 valence electrons. The minimum atomic E-state index is -0.364. The summed E-state index contributed by atoms with van der Waals surface area (Å²) in [5.41, 5.74) is 2.36. The van der Waals surface area contributed by atoms with Crippen LogP contribution in [0.1, 0.15) is 38.5 Å². The predicted molar refractivity (Wildman–Crippen MR) is 113 cm³/mol. The number of unbranched alkanes of at least 4 members (excludes halogenated alkanes) is 4. The lowest BCUT2D eigenvalue weighted by molar-refractivity contribution is -0.129. The third-order valence-electron chi connectivity index (χ3n) is 4.78. The highest BCUT2D eigenvalue weighted by atomic mass is 16.5. The number of carbonyl (C=O) groups excluding carboxylic acids is 1. The lowest BCUT2D eigenvalue weighted by atomic mass is 10.1. The molecule has 1 heterocycles. The normalized spacial score (nSPS) is 10.8. The number of aromatic hydroxyl groups is 1. The lowest BCUT2D eigenvalue weighted by Gasteiger charge is -2.09. The molecule has 0 saturated heterocycles. The number of carbonyl (C=O) groups is 1. The van der Waals surface area contributed by atoms with E-state index >= 15 is 0 Å². The highest BCUT2D eigenvalue weighted by Crippen LogP contribution is 2.31. The van der Waals surface area contributed by atoms with Crippen molar-refractivity contribution in [3.8, 4) is 22.8 Å². The zero-order valence-electron chi connectivity index (χ0n) is 16.6. The van der Waals surface area contributed by atoms with E-state index < -0.39 is 0 Å². The van der Waals surface area contributed by atoms with Gasteiger partial charge in [0, 0.05) is 30.2 Å². The van der Waals surface area contributed by atoms with Gasteiger partial charge in [-0.15, -0.1) is 0 Å². The van der Waals surface area contributed by atoms with Crippen molar-refractivity contribution < 1.29 is 24.3 Å². The first-order valence-corrected chi connectivity index (χ1v) is 10.0. The highest BCUT2D eigenvalue weighted by molar-refractivity contribution is 5.86. The molecule has 1 amide bonds. The van der Waals surface area contributed by atoms with Crippen LogP contribution in [0.4, 0.5) is 0 Å². The molecule has 0 saturated carbocycles. The first-order chi connectivity index (χ1) is 14.6. The first-order valence-electron chi connectivity index (χ1n) is 10.0. The smallest absolute Gasteiger partial charge is 0.243 e. The third kappa shape index (κ3) is 5.61. The zero-order valence-corrected chi connectivity index (χ0v) is 16.6. The minimum Gasteiger partial charge on any atom is -0.507 e. The van der Waals surface area contributed by atoms with Gasteiger partial charge in [0.1, 0.15) is 28.2 Å². The van der Waals surface area contributed by atoms with Gasteiger partial charge in [-0.2, -0.15) is 0 Å². The van der Waals surface area contributed by atoms with E-state index in [1.54, 1.807) is 11.5 Å². The fraction of sp³-hybridized carbons (Fsp3) is 0.304. The SMILES string of the molecule is O=C(CCCCCCCOc1cc(O)c2c(=O)cc(-c3ccccc3)oc2c1)NO. The summed E-state index contributed by atoms with van der Waals surface area (Å²) in [5.74, 6) is 0.335. The van der Waals surface area contributed by atoms with E-state index in [1.165, 1.54) is 12.1 Å². The van der Waals surface area contributed by atoms with Crippen molar-refractivity contribution in [2.45, 2.75) is 38.5 Å². The average molecular weight is 411 g/mol. The number of ether oxygens (including phenoxy) is 1. The first kappa shape index (κ1) is 21.4. The molecule has 3 N–H and O–H groups in total. The van der Waals surface area contributed by atoms with Gasteiger partial charge in [-0.1, -0.05) is 49.6 Å². The van der Waals surface area contributed by atoms with Crippen molar-refractivity contribution in [2.24, 2.45) is 0 Å². The molecular formula is C23H25NO6. The van der Waals surface area contributed by atoms with Crippen molar-refractivity contribution in [3.05, 3.63) is 58.8 Å². The number of benzene rings is 2. The van der Waals surface area contributed by atoms with E-state index in [1.807, 2.05) is 30.3 Å². The number of phenols is 1. The summed E-state index contributed by atoms with van der Waals surface area (Å²) in [5, 5.41) is 18.8. The second-order valence-corrected chi connectivity index (χ2v) is 7.06. The molecule has 0 spiro atoms. The van der Waals surface area contributed by atoms with Crippen molar-refractivity contribution in [3.63, 3.8) is 0 Å². The molecule has 7 heteroatoms. The molecule has 0 radical (unpaired) electrons. The maximum atomic E-state index is 12.5. The number of phenolic OH excluding ortho intramolecular Hbond substituents is 1. The van der Waals surface area contributed by atoms with Gasteiger partial charge in [0.2, 0.25) is 5.91 Å². The largest absolute Gasteiger partial charge is 0.507 e. The van der Waals surface area contributed by atoms with Crippen LogP contribution in [0, 0.1) is 0 Å². The molecule has 7 nitrogen and oxygen atoms in total. The second kappa shape index (κ2) is 10.5. The Hall–Kier alpha value is -3.32. The van der Waals surface area contributed by atoms with Crippen molar-refractivity contribution in [2.75, 3.05) is 6.61 Å². The monoisotopic (exact) mass is 411 g/mol. The Labute approximate surface area is 173 Å². The molecule has 1 aromatic heterocycles. The number of nitrogens with one attached hydrogen (secondary N) is 1. The molecule has 0 aliphatic rings. The standard InChI is InChI=1S/C23H25NO6/c25-18-13-17(29-12-8-3-1-2-7-11-22(27)24-28)14-21-23(18)19(26)15-20(30-21)16-9-5-4-6-10-16/h4-6,9-10,13-15,25,28H,1-3,7-8,11-12H2,(H,24,27). The molecule has 0 unspecified atom stereocenters. The Morgan fingerprint density at radius 3 is 2.50 bits per heavy atom. The van der Waals surface area contributed by atoms with E-state index in [9.17, 15) is 14.7 Å². The summed E-state index contributed by atoms with van der Waals surface area (Å²) in [6.45, 7) is 0.463. The fourth-order valence-electron chi connectivity index (χ4n) is 3.24. The van der Waals surface area contributed by atoms with E-state index in [0.29, 0.717) is 24.5 Å². The summed E-state index contributed by atoms with van der Waals surface area (Å²) in [7, 11) is 0. The molecule has 0 bridgehead atoms. The van der Waals surface area contributed by atoms with Gasteiger partial charge < -0.3 is 14.3 Å². The molecule has 3 aromatic rings. The maximum absolute atomic E-state index is 12.5. The Balaban J connectivity index is 1.59. The second-order valence-electron chi connectivity index (χ2n) is 7.06. The van der Waals surface area contributed by atoms with Crippen LogP contribution in [0.15, 0.2) is 57.7 Å². The molecule has 0 fully saturated rings. The summed E-state index contributed by atoms with van der Waals surface area (Å²) in [6, 6.07) is 13.7. The number of hydrogen-bond acceptors (Lipinski definition) is 6. The van der Waals surface area contributed by atoms with Crippen LogP contribution < -0.4 is 15.6 Å². The summed E-state index contributed by atoms with van der Waals surface area (Å²) in [4.78, 5) is 23.4. The molecule has 0 aliphatic heterocycles.